The Morgan fingerprint density at radius 2 is 1.85 bits per heavy atom. The average molecular weight is 281 g/mol. The van der Waals surface area contributed by atoms with Gasteiger partial charge in [-0.25, -0.2) is 4.39 Å². The van der Waals surface area contributed by atoms with E-state index in [0.29, 0.717) is 19.4 Å². The molecule has 1 unspecified atom stereocenters. The second kappa shape index (κ2) is 8.69. The van der Waals surface area contributed by atoms with Crippen LogP contribution in [0.5, 0.6) is 0 Å². The molecule has 1 rings (SSSR count). The molecule has 20 heavy (non-hydrogen) atoms. The number of carbonyl (C=O) groups excluding carboxylic acids is 1. The van der Waals surface area contributed by atoms with Crippen LogP contribution in [0.1, 0.15) is 38.7 Å². The Labute approximate surface area is 120 Å². The van der Waals surface area contributed by atoms with Gasteiger partial charge in [-0.3, -0.25) is 4.79 Å². The van der Waals surface area contributed by atoms with Crippen molar-refractivity contribution in [1.29, 1.82) is 0 Å². The highest BCUT2D eigenvalue weighted by Crippen LogP contribution is 2.12. The Kier molecular flexibility index (Phi) is 7.23. The molecule has 0 aliphatic heterocycles. The monoisotopic (exact) mass is 281 g/mol. The van der Waals surface area contributed by atoms with Gasteiger partial charge in [0.15, 0.2) is 0 Å². The number of aryl methyl sites for hydroxylation is 1. The van der Waals surface area contributed by atoms with Crippen LogP contribution in [-0.4, -0.2) is 23.7 Å². The Morgan fingerprint density at radius 3 is 2.40 bits per heavy atom. The molecule has 2 N–H and O–H groups in total. The van der Waals surface area contributed by atoms with E-state index in [1.165, 1.54) is 12.1 Å². The van der Waals surface area contributed by atoms with Crippen LogP contribution in [0.15, 0.2) is 24.3 Å². The fourth-order valence-corrected chi connectivity index (χ4v) is 2.22. The van der Waals surface area contributed by atoms with Crippen molar-refractivity contribution in [3.8, 4) is 0 Å². The summed E-state index contributed by atoms with van der Waals surface area (Å²) in [7, 11) is 0. The van der Waals surface area contributed by atoms with Gasteiger partial charge in [0.05, 0.1) is 6.10 Å². The van der Waals surface area contributed by atoms with E-state index in [9.17, 15) is 14.3 Å². The summed E-state index contributed by atoms with van der Waals surface area (Å²) in [6.07, 6.45) is 2.25. The number of halogens is 1. The molecule has 0 aliphatic rings. The molecule has 0 saturated heterocycles. The fourth-order valence-electron chi connectivity index (χ4n) is 2.22. The van der Waals surface area contributed by atoms with Gasteiger partial charge < -0.3 is 10.4 Å². The zero-order chi connectivity index (χ0) is 15.0. The predicted octanol–water partition coefficient (Wildman–Crippen LogP) is 2.67. The Morgan fingerprint density at radius 1 is 1.25 bits per heavy atom. The summed E-state index contributed by atoms with van der Waals surface area (Å²) in [5, 5.41) is 12.7. The molecule has 0 radical (unpaired) electrons. The third kappa shape index (κ3) is 5.70. The van der Waals surface area contributed by atoms with Crippen molar-refractivity contribution in [2.45, 2.75) is 45.6 Å². The number of nitrogens with one attached hydrogen (secondary N) is 1. The van der Waals surface area contributed by atoms with E-state index >= 15 is 0 Å². The molecule has 0 fully saturated rings. The number of hydrogen-bond donors (Lipinski definition) is 2. The molecule has 1 aromatic carbocycles. The van der Waals surface area contributed by atoms with E-state index in [4.69, 9.17) is 0 Å². The maximum atomic E-state index is 12.7. The van der Waals surface area contributed by atoms with Gasteiger partial charge >= 0.3 is 0 Å². The molecule has 3 nitrogen and oxygen atoms in total. The molecular formula is C16H24FNO2. The third-order valence-electron chi connectivity index (χ3n) is 3.66. The quantitative estimate of drug-likeness (QED) is 0.769. The number of hydrogen-bond acceptors (Lipinski definition) is 2. The standard InChI is InChI=1S/C16H24FNO2/c1-3-13(4-2)15(19)11-18-16(20)10-7-12-5-8-14(17)9-6-12/h5-6,8-9,13,15,19H,3-4,7,10-11H2,1-2H3,(H,18,20). The van der Waals surface area contributed by atoms with Gasteiger partial charge in [0.1, 0.15) is 5.82 Å². The summed E-state index contributed by atoms with van der Waals surface area (Å²) >= 11 is 0. The lowest BCUT2D eigenvalue weighted by Crippen LogP contribution is -2.36. The van der Waals surface area contributed by atoms with Gasteiger partial charge in [-0.05, 0) is 30.0 Å². The summed E-state index contributed by atoms with van der Waals surface area (Å²) in [4.78, 5) is 11.7. The average Bonchev–Trinajstić information content (AvgIpc) is 2.45. The largest absolute Gasteiger partial charge is 0.391 e. The highest BCUT2D eigenvalue weighted by atomic mass is 19.1. The van der Waals surface area contributed by atoms with Crippen molar-refractivity contribution < 1.29 is 14.3 Å². The lowest BCUT2D eigenvalue weighted by molar-refractivity contribution is -0.121. The number of aliphatic hydroxyl groups excluding tert-OH is 1. The molecule has 112 valence electrons. The van der Waals surface area contributed by atoms with Gasteiger partial charge in [0.2, 0.25) is 5.91 Å². The Bertz CT molecular complexity index is 401. The first-order valence-electron chi connectivity index (χ1n) is 7.26. The summed E-state index contributed by atoms with van der Waals surface area (Å²) in [6.45, 7) is 4.37. The molecule has 0 spiro atoms. The molecule has 1 amide bonds. The van der Waals surface area contributed by atoms with E-state index in [0.717, 1.165) is 18.4 Å². The maximum absolute atomic E-state index is 12.7. The van der Waals surface area contributed by atoms with E-state index in [2.05, 4.69) is 5.32 Å². The summed E-state index contributed by atoms with van der Waals surface area (Å²) in [5.41, 5.74) is 0.932. The minimum atomic E-state index is -0.486. The van der Waals surface area contributed by atoms with Gasteiger partial charge in [-0.2, -0.15) is 0 Å². The lowest BCUT2D eigenvalue weighted by Gasteiger charge is -2.20. The van der Waals surface area contributed by atoms with Crippen LogP contribution in [0.2, 0.25) is 0 Å². The van der Waals surface area contributed by atoms with E-state index in [1.54, 1.807) is 12.1 Å². The van der Waals surface area contributed by atoms with Crippen LogP contribution >= 0.6 is 0 Å². The molecule has 0 heterocycles. The zero-order valence-electron chi connectivity index (χ0n) is 12.2. The SMILES string of the molecule is CCC(CC)C(O)CNC(=O)CCc1ccc(F)cc1. The normalized spacial score (nSPS) is 12.4. The summed E-state index contributed by atoms with van der Waals surface area (Å²) in [6, 6.07) is 6.15. The third-order valence-corrected chi connectivity index (χ3v) is 3.66. The second-order valence-electron chi connectivity index (χ2n) is 5.07. The molecule has 1 atom stereocenters. The topological polar surface area (TPSA) is 49.3 Å². The first-order valence-corrected chi connectivity index (χ1v) is 7.26. The molecule has 0 bridgehead atoms. The molecule has 4 heteroatoms. The van der Waals surface area contributed by atoms with E-state index in [1.807, 2.05) is 13.8 Å². The first kappa shape index (κ1) is 16.6. The van der Waals surface area contributed by atoms with Crippen LogP contribution in [0.3, 0.4) is 0 Å². The number of aliphatic hydroxyl groups is 1. The molecule has 1 aromatic rings. The minimum absolute atomic E-state index is 0.0840. The molecule has 0 aliphatic carbocycles. The van der Waals surface area contributed by atoms with Crippen molar-refractivity contribution in [2.24, 2.45) is 5.92 Å². The fraction of sp³-hybridized carbons (Fsp3) is 0.562. The van der Waals surface area contributed by atoms with Crippen LogP contribution in [0.4, 0.5) is 4.39 Å². The smallest absolute Gasteiger partial charge is 0.220 e. The molecule has 0 saturated carbocycles. The van der Waals surface area contributed by atoms with Crippen LogP contribution < -0.4 is 5.32 Å². The van der Waals surface area contributed by atoms with Crippen molar-refractivity contribution >= 4 is 5.91 Å². The second-order valence-corrected chi connectivity index (χ2v) is 5.07. The molecule has 0 aromatic heterocycles. The summed E-state index contributed by atoms with van der Waals surface area (Å²) < 4.78 is 12.7. The van der Waals surface area contributed by atoms with Crippen molar-refractivity contribution in [2.75, 3.05) is 6.54 Å². The Hall–Kier alpha value is -1.42. The van der Waals surface area contributed by atoms with Gasteiger partial charge in [0, 0.05) is 13.0 Å². The van der Waals surface area contributed by atoms with Gasteiger partial charge in [-0.15, -0.1) is 0 Å². The lowest BCUT2D eigenvalue weighted by atomic mass is 9.96. The first-order chi connectivity index (χ1) is 9.56. The van der Waals surface area contributed by atoms with Gasteiger partial charge in [-0.1, -0.05) is 38.8 Å². The van der Waals surface area contributed by atoms with Crippen molar-refractivity contribution in [3.05, 3.63) is 35.6 Å². The number of benzene rings is 1. The highest BCUT2D eigenvalue weighted by Gasteiger charge is 2.15. The number of carbonyl (C=O) groups is 1. The van der Waals surface area contributed by atoms with Crippen LogP contribution in [0, 0.1) is 11.7 Å². The minimum Gasteiger partial charge on any atom is -0.391 e. The zero-order valence-corrected chi connectivity index (χ0v) is 12.2. The number of rotatable bonds is 8. The maximum Gasteiger partial charge on any atom is 0.220 e. The molecular weight excluding hydrogens is 257 g/mol. The van der Waals surface area contributed by atoms with Crippen molar-refractivity contribution in [1.82, 2.24) is 5.32 Å². The van der Waals surface area contributed by atoms with Crippen LogP contribution in [0.25, 0.3) is 0 Å². The summed E-state index contributed by atoms with van der Waals surface area (Å²) in [5.74, 6) is -0.127. The van der Waals surface area contributed by atoms with E-state index < -0.39 is 6.10 Å². The van der Waals surface area contributed by atoms with Gasteiger partial charge in [0.25, 0.3) is 0 Å². The predicted molar refractivity (Wildman–Crippen MR) is 77.8 cm³/mol. The number of amides is 1. The van der Waals surface area contributed by atoms with E-state index in [-0.39, 0.29) is 17.6 Å². The Balaban J connectivity index is 2.28. The van der Waals surface area contributed by atoms with Crippen molar-refractivity contribution in [3.63, 3.8) is 0 Å². The highest BCUT2D eigenvalue weighted by molar-refractivity contribution is 5.76. The van der Waals surface area contributed by atoms with Crippen LogP contribution in [-0.2, 0) is 11.2 Å².